The number of hydrogen-bond donors (Lipinski definition) is 0. The minimum atomic E-state index is -0.0875. The molecule has 1 amide bonds. The number of rotatable bonds is 4. The lowest BCUT2D eigenvalue weighted by molar-refractivity contribution is -0.127. The summed E-state index contributed by atoms with van der Waals surface area (Å²) in [4.78, 5) is 18.6. The fraction of sp³-hybridized carbons (Fsp3) is 0.368. The van der Waals surface area contributed by atoms with Crippen LogP contribution in [-0.2, 0) is 4.79 Å². The first-order chi connectivity index (χ1) is 11.1. The summed E-state index contributed by atoms with van der Waals surface area (Å²) in [5, 5.41) is 0. The zero-order valence-corrected chi connectivity index (χ0v) is 13.7. The van der Waals surface area contributed by atoms with Gasteiger partial charge in [0, 0.05) is 18.0 Å². The summed E-state index contributed by atoms with van der Waals surface area (Å²) in [6.07, 6.45) is 3.21. The Morgan fingerprint density at radius 3 is 2.78 bits per heavy atom. The van der Waals surface area contributed by atoms with Crippen LogP contribution in [0.15, 0.2) is 47.4 Å². The molecule has 3 rings (SSSR count). The molecule has 1 aliphatic rings. The Labute approximate surface area is 136 Å². The molecule has 0 saturated carbocycles. The van der Waals surface area contributed by atoms with Crippen molar-refractivity contribution in [1.82, 2.24) is 9.88 Å². The molecule has 4 heteroatoms. The molecule has 1 fully saturated rings. The lowest BCUT2D eigenvalue weighted by Crippen LogP contribution is -2.28. The van der Waals surface area contributed by atoms with Crippen LogP contribution in [-0.4, -0.2) is 22.3 Å². The number of hydrogen-bond acceptors (Lipinski definition) is 3. The van der Waals surface area contributed by atoms with Gasteiger partial charge in [0.2, 0.25) is 11.8 Å². The van der Waals surface area contributed by atoms with Crippen LogP contribution in [0.5, 0.6) is 0 Å². The normalized spacial score (nSPS) is 17.7. The lowest BCUT2D eigenvalue weighted by Gasteiger charge is -2.20. The Morgan fingerprint density at radius 2 is 2.13 bits per heavy atom. The molecular weight excluding hydrogens is 288 g/mol. The second-order valence-electron chi connectivity index (χ2n) is 6.18. The van der Waals surface area contributed by atoms with Crippen LogP contribution in [0.25, 0.3) is 11.3 Å². The maximum Gasteiger partial charge on any atom is 0.246 e. The number of carbonyl (C=O) groups excluding carboxylic acids is 1. The maximum atomic E-state index is 12.0. The quantitative estimate of drug-likeness (QED) is 0.790. The summed E-state index contributed by atoms with van der Waals surface area (Å²) in [7, 11) is 0. The lowest BCUT2D eigenvalue weighted by atomic mass is 10.0. The molecule has 0 N–H and O–H groups in total. The number of carbonyl (C=O) groups is 1. The fourth-order valence-electron chi connectivity index (χ4n) is 3.09. The van der Waals surface area contributed by atoms with Crippen LogP contribution in [0.3, 0.4) is 0 Å². The first kappa shape index (κ1) is 15.5. The zero-order valence-electron chi connectivity index (χ0n) is 13.7. The van der Waals surface area contributed by atoms with Gasteiger partial charge in [-0.25, -0.2) is 4.98 Å². The van der Waals surface area contributed by atoms with Gasteiger partial charge in [0.1, 0.15) is 17.5 Å². The molecule has 0 spiro atoms. The Hall–Kier alpha value is -2.36. The monoisotopic (exact) mass is 310 g/mol. The molecule has 0 radical (unpaired) electrons. The highest BCUT2D eigenvalue weighted by atomic mass is 16.4. The van der Waals surface area contributed by atoms with Crippen molar-refractivity contribution in [2.24, 2.45) is 0 Å². The van der Waals surface area contributed by atoms with Crippen molar-refractivity contribution < 1.29 is 9.21 Å². The van der Waals surface area contributed by atoms with Gasteiger partial charge in [-0.15, -0.1) is 0 Å². The Bertz CT molecular complexity index is 703. The van der Waals surface area contributed by atoms with Crippen LogP contribution in [0.4, 0.5) is 0 Å². The average Bonchev–Trinajstić information content (AvgIpc) is 3.21. The van der Waals surface area contributed by atoms with Crippen molar-refractivity contribution in [3.8, 4) is 11.3 Å². The molecule has 23 heavy (non-hydrogen) atoms. The smallest absolute Gasteiger partial charge is 0.246 e. The molecule has 1 aromatic heterocycles. The largest absolute Gasteiger partial charge is 0.442 e. The third-order valence-corrected chi connectivity index (χ3v) is 4.24. The van der Waals surface area contributed by atoms with Gasteiger partial charge in [0.05, 0.1) is 0 Å². The highest BCUT2D eigenvalue weighted by Gasteiger charge is 2.33. The summed E-state index contributed by atoms with van der Waals surface area (Å²) >= 11 is 0. The first-order valence-corrected chi connectivity index (χ1v) is 8.11. The number of nitrogens with zero attached hydrogens (tertiary/aromatic N) is 2. The van der Waals surface area contributed by atoms with E-state index < -0.39 is 0 Å². The summed E-state index contributed by atoms with van der Waals surface area (Å²) < 4.78 is 6.10. The van der Waals surface area contributed by atoms with E-state index in [1.54, 1.807) is 4.90 Å². The third kappa shape index (κ3) is 2.93. The average molecular weight is 310 g/mol. The molecule has 0 bridgehead atoms. The Kier molecular flexibility index (Phi) is 4.33. The summed E-state index contributed by atoms with van der Waals surface area (Å²) in [5.41, 5.74) is 1.93. The zero-order chi connectivity index (χ0) is 16.4. The maximum absolute atomic E-state index is 12.0. The van der Waals surface area contributed by atoms with Crippen LogP contribution < -0.4 is 0 Å². The van der Waals surface area contributed by atoms with E-state index in [4.69, 9.17) is 9.40 Å². The summed E-state index contributed by atoms with van der Waals surface area (Å²) in [6.45, 7) is 8.51. The van der Waals surface area contributed by atoms with Crippen molar-refractivity contribution >= 4 is 5.91 Å². The molecule has 2 aromatic rings. The minimum Gasteiger partial charge on any atom is -0.442 e. The van der Waals surface area contributed by atoms with E-state index in [1.165, 1.54) is 6.08 Å². The molecule has 1 aliphatic heterocycles. The van der Waals surface area contributed by atoms with E-state index in [9.17, 15) is 4.79 Å². The number of likely N-dealkylation sites (tertiary alicyclic amines) is 1. The number of oxazole rings is 1. The highest BCUT2D eigenvalue weighted by Crippen LogP contribution is 2.37. The van der Waals surface area contributed by atoms with E-state index in [2.05, 4.69) is 20.4 Å². The molecule has 2 heterocycles. The predicted octanol–water partition coefficient (Wildman–Crippen LogP) is 4.31. The predicted molar refractivity (Wildman–Crippen MR) is 89.9 cm³/mol. The molecule has 1 atom stereocenters. The molecule has 4 nitrogen and oxygen atoms in total. The minimum absolute atomic E-state index is 0.0574. The second-order valence-corrected chi connectivity index (χ2v) is 6.18. The highest BCUT2D eigenvalue weighted by molar-refractivity contribution is 5.87. The van der Waals surface area contributed by atoms with Crippen LogP contribution in [0, 0.1) is 0 Å². The van der Waals surface area contributed by atoms with Crippen molar-refractivity contribution in [2.45, 2.75) is 38.6 Å². The van der Waals surface area contributed by atoms with Crippen LogP contribution in [0.2, 0.25) is 0 Å². The van der Waals surface area contributed by atoms with Crippen molar-refractivity contribution in [3.05, 3.63) is 54.6 Å². The van der Waals surface area contributed by atoms with E-state index in [0.717, 1.165) is 36.4 Å². The van der Waals surface area contributed by atoms with Gasteiger partial charge >= 0.3 is 0 Å². The van der Waals surface area contributed by atoms with Crippen molar-refractivity contribution in [2.75, 3.05) is 6.54 Å². The van der Waals surface area contributed by atoms with Gasteiger partial charge in [0.25, 0.3) is 0 Å². The molecule has 0 aliphatic carbocycles. The van der Waals surface area contributed by atoms with Crippen molar-refractivity contribution in [1.29, 1.82) is 0 Å². The van der Waals surface area contributed by atoms with Gasteiger partial charge < -0.3 is 9.32 Å². The van der Waals surface area contributed by atoms with Gasteiger partial charge in [-0.05, 0) is 18.9 Å². The van der Waals surface area contributed by atoms with E-state index >= 15 is 0 Å². The van der Waals surface area contributed by atoms with E-state index in [0.29, 0.717) is 5.89 Å². The summed E-state index contributed by atoms with van der Waals surface area (Å²) in [5.74, 6) is 1.69. The SMILES string of the molecule is C=CC(=O)N1CCC[C@H]1c1nc(-c2ccccc2)c(C(C)C)o1. The molecule has 0 unspecified atom stereocenters. The van der Waals surface area contributed by atoms with E-state index in [-0.39, 0.29) is 17.9 Å². The topological polar surface area (TPSA) is 46.3 Å². The standard InChI is InChI=1S/C19H22N2O2/c1-4-16(22)21-12-8-11-15(21)19-20-17(18(23-19)13(2)3)14-9-6-5-7-10-14/h4-7,9-10,13,15H,1,8,11-12H2,2-3H3/t15-/m0/s1. The van der Waals surface area contributed by atoms with Crippen LogP contribution in [0.1, 0.15) is 50.3 Å². The van der Waals surface area contributed by atoms with Gasteiger partial charge in [0.15, 0.2) is 0 Å². The number of aromatic nitrogens is 1. The van der Waals surface area contributed by atoms with Crippen molar-refractivity contribution in [3.63, 3.8) is 0 Å². The number of benzene rings is 1. The van der Waals surface area contributed by atoms with Gasteiger partial charge in [-0.1, -0.05) is 50.8 Å². The number of amides is 1. The molecule has 1 saturated heterocycles. The van der Waals surface area contributed by atoms with Gasteiger partial charge in [-0.3, -0.25) is 4.79 Å². The fourth-order valence-corrected chi connectivity index (χ4v) is 3.09. The summed E-state index contributed by atoms with van der Waals surface area (Å²) in [6, 6.07) is 9.97. The molecular formula is C19H22N2O2. The van der Waals surface area contributed by atoms with Gasteiger partial charge in [-0.2, -0.15) is 0 Å². The Balaban J connectivity index is 2.01. The molecule has 1 aromatic carbocycles. The molecule has 120 valence electrons. The van der Waals surface area contributed by atoms with Crippen LogP contribution >= 0.6 is 0 Å². The first-order valence-electron chi connectivity index (χ1n) is 8.11. The third-order valence-electron chi connectivity index (χ3n) is 4.24. The van der Waals surface area contributed by atoms with E-state index in [1.807, 2.05) is 30.3 Å². The second kappa shape index (κ2) is 6.41. The Morgan fingerprint density at radius 1 is 1.39 bits per heavy atom.